The third-order valence-electron chi connectivity index (χ3n) is 2.53. The summed E-state index contributed by atoms with van der Waals surface area (Å²) in [7, 11) is 1.64. The van der Waals surface area contributed by atoms with Gasteiger partial charge in [0.1, 0.15) is 5.75 Å². The van der Waals surface area contributed by atoms with Crippen LogP contribution in [0.2, 0.25) is 0 Å². The Labute approximate surface area is 105 Å². The molecule has 0 heterocycles. The minimum absolute atomic E-state index is 0.0220. The van der Waals surface area contributed by atoms with Gasteiger partial charge in [0, 0.05) is 12.6 Å². The van der Waals surface area contributed by atoms with Crippen LogP contribution in [0.5, 0.6) is 5.75 Å². The fraction of sp³-hybridized carbons (Fsp3) is 0.500. The number of ether oxygens (including phenoxy) is 1. The summed E-state index contributed by atoms with van der Waals surface area (Å²) in [4.78, 5) is 0. The zero-order chi connectivity index (χ0) is 12.0. The van der Waals surface area contributed by atoms with Crippen LogP contribution in [-0.2, 0) is 0 Å². The molecule has 0 aliphatic rings. The average Bonchev–Trinajstić information content (AvgIpc) is 2.29. The lowest BCUT2D eigenvalue weighted by molar-refractivity contribution is 0.281. The first-order chi connectivity index (χ1) is 7.69. The number of methoxy groups -OCH3 is 1. The minimum Gasteiger partial charge on any atom is -0.496 e. The van der Waals surface area contributed by atoms with Gasteiger partial charge in [-0.3, -0.25) is 0 Å². The summed E-state index contributed by atoms with van der Waals surface area (Å²) in [5.41, 5.74) is 7.14. The number of benzene rings is 1. The maximum atomic E-state index is 8.70. The molecule has 0 fully saturated rings. The van der Waals surface area contributed by atoms with Crippen molar-refractivity contribution >= 4 is 15.9 Å². The molecule has 1 aromatic rings. The molecule has 90 valence electrons. The van der Waals surface area contributed by atoms with Crippen LogP contribution in [-0.4, -0.2) is 18.8 Å². The van der Waals surface area contributed by atoms with Crippen LogP contribution in [0.25, 0.3) is 0 Å². The summed E-state index contributed by atoms with van der Waals surface area (Å²) in [6.45, 7) is 0.235. The number of hydrogen-bond acceptors (Lipinski definition) is 3. The van der Waals surface area contributed by atoms with E-state index in [2.05, 4.69) is 15.9 Å². The maximum Gasteiger partial charge on any atom is 0.133 e. The van der Waals surface area contributed by atoms with E-state index in [1.807, 2.05) is 18.2 Å². The predicted molar refractivity (Wildman–Crippen MR) is 68.6 cm³/mol. The molecule has 0 spiro atoms. The van der Waals surface area contributed by atoms with Crippen molar-refractivity contribution in [3.63, 3.8) is 0 Å². The first-order valence-corrected chi connectivity index (χ1v) is 6.18. The smallest absolute Gasteiger partial charge is 0.133 e. The highest BCUT2D eigenvalue weighted by Gasteiger charge is 2.08. The molecule has 16 heavy (non-hydrogen) atoms. The van der Waals surface area contributed by atoms with Crippen molar-refractivity contribution in [3.8, 4) is 5.75 Å². The van der Waals surface area contributed by atoms with E-state index < -0.39 is 0 Å². The Morgan fingerprint density at radius 2 is 2.19 bits per heavy atom. The molecular formula is C12H18BrNO2. The van der Waals surface area contributed by atoms with Gasteiger partial charge in [0.05, 0.1) is 11.6 Å². The van der Waals surface area contributed by atoms with Crippen LogP contribution in [0, 0.1) is 0 Å². The van der Waals surface area contributed by atoms with Crippen LogP contribution in [0.3, 0.4) is 0 Å². The number of nitrogens with two attached hydrogens (primary N) is 1. The monoisotopic (exact) mass is 287 g/mol. The predicted octanol–water partition coefficient (Wildman–Crippen LogP) is 2.62. The van der Waals surface area contributed by atoms with Crippen molar-refractivity contribution in [2.24, 2.45) is 5.73 Å². The zero-order valence-electron chi connectivity index (χ0n) is 9.45. The largest absolute Gasteiger partial charge is 0.496 e. The quantitative estimate of drug-likeness (QED) is 0.791. The summed E-state index contributed by atoms with van der Waals surface area (Å²) in [5.74, 6) is 0.811. The maximum absolute atomic E-state index is 8.70. The van der Waals surface area contributed by atoms with Crippen LogP contribution in [0.4, 0.5) is 0 Å². The van der Waals surface area contributed by atoms with E-state index in [0.717, 1.165) is 35.0 Å². The first-order valence-electron chi connectivity index (χ1n) is 5.39. The fourth-order valence-corrected chi connectivity index (χ4v) is 2.11. The van der Waals surface area contributed by atoms with Crippen molar-refractivity contribution in [1.82, 2.24) is 0 Å². The zero-order valence-corrected chi connectivity index (χ0v) is 11.0. The topological polar surface area (TPSA) is 55.5 Å². The molecule has 0 saturated heterocycles. The van der Waals surface area contributed by atoms with Crippen LogP contribution in [0.1, 0.15) is 30.9 Å². The van der Waals surface area contributed by atoms with Gasteiger partial charge < -0.3 is 15.6 Å². The summed E-state index contributed by atoms with van der Waals surface area (Å²) < 4.78 is 6.08. The Balaban J connectivity index is 2.62. The molecule has 0 aliphatic heterocycles. The SMILES string of the molecule is COc1ccc([C@@H](N)CCCCO)cc1Br. The van der Waals surface area contributed by atoms with Gasteiger partial charge in [-0.25, -0.2) is 0 Å². The molecule has 3 N–H and O–H groups in total. The fourth-order valence-electron chi connectivity index (χ4n) is 1.56. The Morgan fingerprint density at radius 3 is 2.75 bits per heavy atom. The number of aliphatic hydroxyl groups is 1. The summed E-state index contributed by atoms with van der Waals surface area (Å²) >= 11 is 3.44. The van der Waals surface area contributed by atoms with Crippen molar-refractivity contribution < 1.29 is 9.84 Å². The lowest BCUT2D eigenvalue weighted by Crippen LogP contribution is -2.10. The molecule has 0 bridgehead atoms. The van der Waals surface area contributed by atoms with Gasteiger partial charge in [0.25, 0.3) is 0 Å². The molecule has 0 aliphatic carbocycles. The molecule has 0 saturated carbocycles. The second kappa shape index (κ2) is 6.89. The van der Waals surface area contributed by atoms with Gasteiger partial charge in [-0.15, -0.1) is 0 Å². The van der Waals surface area contributed by atoms with E-state index in [4.69, 9.17) is 15.6 Å². The average molecular weight is 288 g/mol. The van der Waals surface area contributed by atoms with Gasteiger partial charge in [0.15, 0.2) is 0 Å². The number of hydrogen-bond donors (Lipinski definition) is 2. The third-order valence-corrected chi connectivity index (χ3v) is 3.15. The molecular weight excluding hydrogens is 270 g/mol. The Kier molecular flexibility index (Phi) is 5.80. The molecule has 1 rings (SSSR count). The number of rotatable bonds is 6. The second-order valence-electron chi connectivity index (χ2n) is 3.72. The van der Waals surface area contributed by atoms with Crippen molar-refractivity contribution in [2.45, 2.75) is 25.3 Å². The van der Waals surface area contributed by atoms with Gasteiger partial charge >= 0.3 is 0 Å². The molecule has 0 aromatic heterocycles. The normalized spacial score (nSPS) is 12.5. The number of aliphatic hydroxyl groups excluding tert-OH is 1. The third kappa shape index (κ3) is 3.77. The van der Waals surface area contributed by atoms with Gasteiger partial charge in [-0.2, -0.15) is 0 Å². The van der Waals surface area contributed by atoms with Crippen molar-refractivity contribution in [3.05, 3.63) is 28.2 Å². The van der Waals surface area contributed by atoms with E-state index in [-0.39, 0.29) is 12.6 Å². The molecule has 0 radical (unpaired) electrons. The highest BCUT2D eigenvalue weighted by atomic mass is 79.9. The molecule has 3 nitrogen and oxygen atoms in total. The van der Waals surface area contributed by atoms with E-state index in [1.165, 1.54) is 0 Å². The summed E-state index contributed by atoms with van der Waals surface area (Å²) in [6, 6.07) is 5.90. The first kappa shape index (κ1) is 13.5. The molecule has 0 amide bonds. The Hall–Kier alpha value is -0.580. The van der Waals surface area contributed by atoms with Crippen LogP contribution < -0.4 is 10.5 Å². The number of halogens is 1. The summed E-state index contributed by atoms with van der Waals surface area (Å²) in [6.07, 6.45) is 2.64. The van der Waals surface area contributed by atoms with E-state index >= 15 is 0 Å². The van der Waals surface area contributed by atoms with Crippen molar-refractivity contribution in [2.75, 3.05) is 13.7 Å². The highest BCUT2D eigenvalue weighted by Crippen LogP contribution is 2.28. The lowest BCUT2D eigenvalue weighted by Gasteiger charge is -2.13. The van der Waals surface area contributed by atoms with Crippen LogP contribution >= 0.6 is 15.9 Å². The second-order valence-corrected chi connectivity index (χ2v) is 4.57. The van der Waals surface area contributed by atoms with Crippen molar-refractivity contribution in [1.29, 1.82) is 0 Å². The van der Waals surface area contributed by atoms with Gasteiger partial charge in [0.2, 0.25) is 0 Å². The highest BCUT2D eigenvalue weighted by molar-refractivity contribution is 9.10. The molecule has 1 atom stereocenters. The number of unbranched alkanes of at least 4 members (excludes halogenated alkanes) is 1. The standard InChI is InChI=1S/C12H18BrNO2/c1-16-12-6-5-9(8-10(12)13)11(14)4-2-3-7-15/h5-6,8,11,15H,2-4,7,14H2,1H3/t11-/m0/s1. The van der Waals surface area contributed by atoms with Crippen LogP contribution in [0.15, 0.2) is 22.7 Å². The molecule has 0 unspecified atom stereocenters. The Morgan fingerprint density at radius 1 is 1.44 bits per heavy atom. The lowest BCUT2D eigenvalue weighted by atomic mass is 10.0. The Bertz CT molecular complexity index is 331. The van der Waals surface area contributed by atoms with E-state index in [9.17, 15) is 0 Å². The van der Waals surface area contributed by atoms with Gasteiger partial charge in [-0.1, -0.05) is 6.07 Å². The minimum atomic E-state index is 0.0220. The molecule has 4 heteroatoms. The molecule has 1 aromatic carbocycles. The van der Waals surface area contributed by atoms with E-state index in [1.54, 1.807) is 7.11 Å². The van der Waals surface area contributed by atoms with Gasteiger partial charge in [-0.05, 0) is 52.9 Å². The summed E-state index contributed by atoms with van der Waals surface area (Å²) in [5, 5.41) is 8.70. The van der Waals surface area contributed by atoms with E-state index in [0.29, 0.717) is 0 Å².